The number of hydrogen-bond donors (Lipinski definition) is 2. The van der Waals surface area contributed by atoms with Gasteiger partial charge in [-0.1, -0.05) is 12.1 Å². The fraction of sp³-hybridized carbons (Fsp3) is 0.364. The van der Waals surface area contributed by atoms with Crippen molar-refractivity contribution in [2.75, 3.05) is 5.32 Å². The van der Waals surface area contributed by atoms with Gasteiger partial charge in [-0.25, -0.2) is 8.42 Å². The second-order valence-corrected chi connectivity index (χ2v) is 5.98. The molecule has 0 aliphatic carbocycles. The highest BCUT2D eigenvalue weighted by Gasteiger charge is 2.24. The molecular formula is C11H15N3O2S. The van der Waals surface area contributed by atoms with Gasteiger partial charge in [-0.15, -0.1) is 4.40 Å². The van der Waals surface area contributed by atoms with Crippen LogP contribution < -0.4 is 11.1 Å². The molecule has 3 N–H and O–H groups in total. The normalized spacial score (nSPS) is 17.5. The van der Waals surface area contributed by atoms with Crippen LogP contribution >= 0.6 is 0 Å². The third-order valence-electron chi connectivity index (χ3n) is 2.43. The first kappa shape index (κ1) is 11.9. The Hall–Kier alpha value is -1.56. The van der Waals surface area contributed by atoms with Gasteiger partial charge in [0.15, 0.2) is 0 Å². The molecule has 0 radical (unpaired) electrons. The smallest absolute Gasteiger partial charge is 0.259 e. The number of nitrogens with two attached hydrogens (primary N) is 1. The molecule has 5 nitrogen and oxygen atoms in total. The van der Waals surface area contributed by atoms with Crippen LogP contribution in [-0.4, -0.2) is 20.3 Å². The summed E-state index contributed by atoms with van der Waals surface area (Å²) in [7, 11) is -3.46. The molecule has 1 heterocycles. The maximum atomic E-state index is 11.5. The Morgan fingerprint density at radius 2 is 2.12 bits per heavy atom. The molecule has 0 saturated heterocycles. The number of hydrogen-bond acceptors (Lipinski definition) is 4. The van der Waals surface area contributed by atoms with Crippen LogP contribution in [0, 0.1) is 0 Å². The molecule has 0 atom stereocenters. The van der Waals surface area contributed by atoms with Crippen LogP contribution in [0.3, 0.4) is 0 Å². The van der Waals surface area contributed by atoms with Gasteiger partial charge in [0.05, 0.1) is 5.75 Å². The molecule has 0 aromatic heterocycles. The van der Waals surface area contributed by atoms with E-state index in [0.717, 1.165) is 5.69 Å². The predicted molar refractivity (Wildman–Crippen MR) is 68.5 cm³/mol. The number of rotatable bonds is 2. The molecule has 0 unspecified atom stereocenters. The Kier molecular flexibility index (Phi) is 2.82. The standard InChI is InChI=1S/C11H15N3O2S/c1-7(2)13-9-5-3-4-8-6-17(15,16)14-11(12)10(8)9/h3-5,7,13H,6H2,1-2H3,(H2,12,14). The lowest BCUT2D eigenvalue weighted by atomic mass is 10.0. The Morgan fingerprint density at radius 1 is 1.41 bits per heavy atom. The van der Waals surface area contributed by atoms with Gasteiger partial charge in [-0.05, 0) is 25.5 Å². The van der Waals surface area contributed by atoms with Crippen molar-refractivity contribution >= 4 is 21.5 Å². The summed E-state index contributed by atoms with van der Waals surface area (Å²) in [6, 6.07) is 5.70. The zero-order chi connectivity index (χ0) is 12.6. The highest BCUT2D eigenvalue weighted by atomic mass is 32.2. The van der Waals surface area contributed by atoms with E-state index >= 15 is 0 Å². The number of fused-ring (bicyclic) bond motifs is 1. The van der Waals surface area contributed by atoms with Crippen molar-refractivity contribution in [3.8, 4) is 0 Å². The van der Waals surface area contributed by atoms with Crippen LogP contribution in [0.1, 0.15) is 25.0 Å². The summed E-state index contributed by atoms with van der Waals surface area (Å²) in [5.41, 5.74) is 7.96. The van der Waals surface area contributed by atoms with E-state index in [1.165, 1.54) is 0 Å². The number of nitrogens with one attached hydrogen (secondary N) is 1. The van der Waals surface area contributed by atoms with Crippen LogP contribution in [0.4, 0.5) is 5.69 Å². The van der Waals surface area contributed by atoms with Gasteiger partial charge in [0.1, 0.15) is 5.84 Å². The van der Waals surface area contributed by atoms with E-state index in [1.807, 2.05) is 26.0 Å². The van der Waals surface area contributed by atoms with E-state index in [-0.39, 0.29) is 17.6 Å². The van der Waals surface area contributed by atoms with E-state index in [2.05, 4.69) is 9.71 Å². The second-order valence-electron chi connectivity index (χ2n) is 4.34. The average molecular weight is 253 g/mol. The van der Waals surface area contributed by atoms with E-state index in [0.29, 0.717) is 11.1 Å². The number of benzene rings is 1. The van der Waals surface area contributed by atoms with Crippen LogP contribution in [0.25, 0.3) is 0 Å². The largest absolute Gasteiger partial charge is 0.382 e. The molecule has 2 rings (SSSR count). The molecule has 0 spiro atoms. The maximum absolute atomic E-state index is 11.5. The van der Waals surface area contributed by atoms with Gasteiger partial charge in [-0.3, -0.25) is 0 Å². The van der Waals surface area contributed by atoms with Gasteiger partial charge in [-0.2, -0.15) is 0 Å². The highest BCUT2D eigenvalue weighted by molar-refractivity contribution is 7.89. The first-order chi connectivity index (χ1) is 7.89. The van der Waals surface area contributed by atoms with Gasteiger partial charge in [0.2, 0.25) is 0 Å². The van der Waals surface area contributed by atoms with Crippen molar-refractivity contribution in [3.05, 3.63) is 29.3 Å². The van der Waals surface area contributed by atoms with Crippen molar-refractivity contribution in [1.29, 1.82) is 0 Å². The van der Waals surface area contributed by atoms with Crippen molar-refractivity contribution in [1.82, 2.24) is 0 Å². The number of anilines is 1. The Balaban J connectivity index is 2.56. The average Bonchev–Trinajstić information content (AvgIpc) is 2.13. The molecule has 17 heavy (non-hydrogen) atoms. The van der Waals surface area contributed by atoms with Crippen LogP contribution in [0.15, 0.2) is 22.6 Å². The summed E-state index contributed by atoms with van der Waals surface area (Å²) in [6.07, 6.45) is 0. The molecule has 0 fully saturated rings. The van der Waals surface area contributed by atoms with E-state index in [9.17, 15) is 8.42 Å². The molecule has 0 saturated carbocycles. The number of amidine groups is 1. The summed E-state index contributed by atoms with van der Waals surface area (Å²) >= 11 is 0. The summed E-state index contributed by atoms with van der Waals surface area (Å²) in [6.45, 7) is 4.01. The van der Waals surface area contributed by atoms with Gasteiger partial charge in [0, 0.05) is 17.3 Å². The molecule has 1 aromatic carbocycles. The van der Waals surface area contributed by atoms with Gasteiger partial charge < -0.3 is 11.1 Å². The van der Waals surface area contributed by atoms with Crippen LogP contribution in [0.2, 0.25) is 0 Å². The first-order valence-electron chi connectivity index (χ1n) is 5.36. The monoisotopic (exact) mass is 253 g/mol. The minimum atomic E-state index is -3.46. The zero-order valence-corrected chi connectivity index (χ0v) is 10.6. The minimum absolute atomic E-state index is 0.0648. The third-order valence-corrected chi connectivity index (χ3v) is 3.58. The first-order valence-corrected chi connectivity index (χ1v) is 6.97. The fourth-order valence-electron chi connectivity index (χ4n) is 1.88. The highest BCUT2D eigenvalue weighted by Crippen LogP contribution is 2.26. The Labute approximate surface area is 101 Å². The molecule has 1 aliphatic rings. The third kappa shape index (κ3) is 2.41. The Morgan fingerprint density at radius 3 is 2.76 bits per heavy atom. The lowest BCUT2D eigenvalue weighted by Crippen LogP contribution is -2.26. The van der Waals surface area contributed by atoms with E-state index in [4.69, 9.17) is 5.73 Å². The van der Waals surface area contributed by atoms with Crippen molar-refractivity contribution in [2.45, 2.75) is 25.6 Å². The van der Waals surface area contributed by atoms with Crippen molar-refractivity contribution in [3.63, 3.8) is 0 Å². The second kappa shape index (κ2) is 4.03. The minimum Gasteiger partial charge on any atom is -0.382 e. The maximum Gasteiger partial charge on any atom is 0.259 e. The lowest BCUT2D eigenvalue weighted by molar-refractivity contribution is 0.596. The summed E-state index contributed by atoms with van der Waals surface area (Å²) in [4.78, 5) is 0. The number of sulfonamides is 1. The summed E-state index contributed by atoms with van der Waals surface area (Å²) < 4.78 is 26.5. The van der Waals surface area contributed by atoms with Gasteiger partial charge in [0.25, 0.3) is 10.0 Å². The molecule has 0 amide bonds. The van der Waals surface area contributed by atoms with Crippen LogP contribution in [0.5, 0.6) is 0 Å². The quantitative estimate of drug-likeness (QED) is 0.825. The van der Waals surface area contributed by atoms with E-state index in [1.54, 1.807) is 6.07 Å². The van der Waals surface area contributed by atoms with Crippen molar-refractivity contribution < 1.29 is 8.42 Å². The topological polar surface area (TPSA) is 84.5 Å². The summed E-state index contributed by atoms with van der Waals surface area (Å²) in [5, 5.41) is 3.23. The zero-order valence-electron chi connectivity index (χ0n) is 9.77. The fourth-order valence-corrected chi connectivity index (χ4v) is 2.97. The molecular weight excluding hydrogens is 238 g/mol. The lowest BCUT2D eigenvalue weighted by Gasteiger charge is -2.20. The SMILES string of the molecule is CC(C)Nc1cccc2c1C(N)=NS(=O)(=O)C2. The molecule has 6 heteroatoms. The predicted octanol–water partition coefficient (Wildman–Crippen LogP) is 1.06. The molecule has 1 aliphatic heterocycles. The molecule has 92 valence electrons. The molecule has 0 bridgehead atoms. The van der Waals surface area contributed by atoms with Gasteiger partial charge >= 0.3 is 0 Å². The van der Waals surface area contributed by atoms with Crippen LogP contribution in [-0.2, 0) is 15.8 Å². The Bertz CT molecular complexity index is 576. The van der Waals surface area contributed by atoms with E-state index < -0.39 is 10.0 Å². The summed E-state index contributed by atoms with van der Waals surface area (Å²) in [5.74, 6) is -0.0218. The molecule has 1 aromatic rings. The number of nitrogens with zero attached hydrogens (tertiary/aromatic N) is 1. The van der Waals surface area contributed by atoms with Crippen molar-refractivity contribution in [2.24, 2.45) is 10.1 Å².